The van der Waals surface area contributed by atoms with Gasteiger partial charge in [-0.25, -0.2) is 0 Å². The molecule has 11 aromatic rings. The molecule has 0 amide bonds. The quantitative estimate of drug-likeness (QED) is 0.162. The van der Waals surface area contributed by atoms with Crippen LogP contribution in [-0.2, 0) is 0 Å². The molecule has 3 heteroatoms. The Morgan fingerprint density at radius 1 is 0.351 bits per heavy atom. The van der Waals surface area contributed by atoms with Crippen LogP contribution in [0.1, 0.15) is 0 Å². The number of anilines is 3. The van der Waals surface area contributed by atoms with E-state index >= 15 is 0 Å². The first-order chi connectivity index (χ1) is 28.3. The van der Waals surface area contributed by atoms with Crippen LogP contribution < -0.4 is 4.90 Å². The number of fused-ring (bicyclic) bond motifs is 6. The van der Waals surface area contributed by atoms with Crippen molar-refractivity contribution in [3.05, 3.63) is 212 Å². The van der Waals surface area contributed by atoms with Crippen molar-refractivity contribution >= 4 is 70.5 Å². The van der Waals surface area contributed by atoms with Gasteiger partial charge in [0.05, 0.1) is 5.69 Å². The Balaban J connectivity index is 1.16. The molecule has 0 aliphatic carbocycles. The van der Waals surface area contributed by atoms with Crippen LogP contribution in [0.2, 0.25) is 0 Å². The summed E-state index contributed by atoms with van der Waals surface area (Å²) >= 11 is 1.86. The summed E-state index contributed by atoms with van der Waals surface area (Å²) in [5.74, 6) is 0. The Bertz CT molecular complexity index is 3230. The number of para-hydroxylation sites is 2. The maximum Gasteiger partial charge on any atom is 0.137 e. The fourth-order valence-corrected chi connectivity index (χ4v) is 9.55. The number of hydrogen-bond acceptors (Lipinski definition) is 3. The van der Waals surface area contributed by atoms with Gasteiger partial charge in [-0.05, 0) is 93.5 Å². The van der Waals surface area contributed by atoms with Crippen molar-refractivity contribution in [2.75, 3.05) is 4.90 Å². The van der Waals surface area contributed by atoms with E-state index in [2.05, 4.69) is 205 Å². The zero-order valence-electron chi connectivity index (χ0n) is 31.0. The molecule has 2 aromatic heterocycles. The monoisotopic (exact) mass is 745 g/mol. The predicted octanol–water partition coefficient (Wildman–Crippen LogP) is 16.1. The SMILES string of the molecule is c1ccc(-c2ccc(N(c3ccc4c(c3)oc3ccccc34)c3ccccc3-c3ccc4sc5ccccc5c4c3-c3cccc(-c4ccccc4)c3)cc2)cc1. The molecule has 268 valence electrons. The van der Waals surface area contributed by atoms with Gasteiger partial charge >= 0.3 is 0 Å². The summed E-state index contributed by atoms with van der Waals surface area (Å²) in [5, 5.41) is 4.80. The van der Waals surface area contributed by atoms with Gasteiger partial charge in [-0.15, -0.1) is 11.3 Å². The Kier molecular flexibility index (Phi) is 8.04. The standard InChI is InChI=1S/C54H35NOS/c1-3-14-36(15-4-1)38-26-28-41(29-27-38)55(42-30-31-45-44-21-8-11-24-49(44)56-50(45)35-42)48-23-10-7-20-43(48)46-32-33-52-54(47-22-9-12-25-51(47)57-52)53(46)40-19-13-18-39(34-40)37-16-5-2-6-17-37/h1-35H. The van der Waals surface area contributed by atoms with E-state index in [9.17, 15) is 0 Å². The van der Waals surface area contributed by atoms with E-state index in [0.717, 1.165) is 44.6 Å². The second-order valence-corrected chi connectivity index (χ2v) is 15.5. The number of benzene rings is 9. The van der Waals surface area contributed by atoms with Crippen molar-refractivity contribution in [3.8, 4) is 44.5 Å². The smallest absolute Gasteiger partial charge is 0.137 e. The van der Waals surface area contributed by atoms with Crippen LogP contribution in [0, 0.1) is 0 Å². The summed E-state index contributed by atoms with van der Waals surface area (Å²) in [7, 11) is 0. The lowest BCUT2D eigenvalue weighted by molar-refractivity contribution is 0.669. The van der Waals surface area contributed by atoms with Crippen LogP contribution in [0.25, 0.3) is 86.6 Å². The number of hydrogen-bond donors (Lipinski definition) is 0. The molecule has 57 heavy (non-hydrogen) atoms. The van der Waals surface area contributed by atoms with E-state index in [4.69, 9.17) is 4.42 Å². The molecule has 0 aliphatic heterocycles. The molecule has 0 radical (unpaired) electrons. The van der Waals surface area contributed by atoms with Gasteiger partial charge in [0, 0.05) is 53.9 Å². The van der Waals surface area contributed by atoms with Gasteiger partial charge in [0.1, 0.15) is 11.2 Å². The van der Waals surface area contributed by atoms with Crippen LogP contribution in [0.4, 0.5) is 17.1 Å². The van der Waals surface area contributed by atoms with Crippen molar-refractivity contribution in [1.82, 2.24) is 0 Å². The van der Waals surface area contributed by atoms with Crippen molar-refractivity contribution in [2.24, 2.45) is 0 Å². The number of thiophene rings is 1. The van der Waals surface area contributed by atoms with Crippen molar-refractivity contribution < 1.29 is 4.42 Å². The van der Waals surface area contributed by atoms with Crippen LogP contribution in [0.15, 0.2) is 217 Å². The first kappa shape index (κ1) is 33.2. The summed E-state index contributed by atoms with van der Waals surface area (Å²) in [6.07, 6.45) is 0. The maximum atomic E-state index is 6.49. The second-order valence-electron chi connectivity index (χ2n) is 14.5. The molecule has 0 aliphatic rings. The van der Waals surface area contributed by atoms with Gasteiger partial charge in [-0.3, -0.25) is 0 Å². The van der Waals surface area contributed by atoms with Gasteiger partial charge < -0.3 is 9.32 Å². The van der Waals surface area contributed by atoms with Crippen molar-refractivity contribution in [3.63, 3.8) is 0 Å². The Morgan fingerprint density at radius 2 is 0.965 bits per heavy atom. The van der Waals surface area contributed by atoms with Crippen LogP contribution in [0.5, 0.6) is 0 Å². The third-order valence-corrected chi connectivity index (χ3v) is 12.2. The summed E-state index contributed by atoms with van der Waals surface area (Å²) in [5.41, 5.74) is 14.5. The average molecular weight is 746 g/mol. The molecule has 2 nitrogen and oxygen atoms in total. The third-order valence-electron chi connectivity index (χ3n) is 11.1. The molecule has 2 heterocycles. The molecule has 0 atom stereocenters. The highest BCUT2D eigenvalue weighted by Crippen LogP contribution is 2.49. The highest BCUT2D eigenvalue weighted by atomic mass is 32.1. The molecule has 9 aromatic carbocycles. The zero-order valence-corrected chi connectivity index (χ0v) is 31.8. The van der Waals surface area contributed by atoms with E-state index in [1.165, 1.54) is 59.1 Å². The first-order valence-corrected chi connectivity index (χ1v) is 20.1. The molecule has 0 spiro atoms. The lowest BCUT2D eigenvalue weighted by Crippen LogP contribution is -2.11. The number of rotatable bonds is 7. The van der Waals surface area contributed by atoms with Crippen LogP contribution >= 0.6 is 11.3 Å². The topological polar surface area (TPSA) is 16.4 Å². The predicted molar refractivity (Wildman–Crippen MR) is 243 cm³/mol. The van der Waals surface area contributed by atoms with E-state index in [-0.39, 0.29) is 0 Å². The Labute approximate surface area is 335 Å². The molecule has 0 saturated carbocycles. The van der Waals surface area contributed by atoms with Crippen LogP contribution in [0.3, 0.4) is 0 Å². The molecule has 0 unspecified atom stereocenters. The van der Waals surface area contributed by atoms with Gasteiger partial charge in [-0.1, -0.05) is 152 Å². The van der Waals surface area contributed by atoms with Gasteiger partial charge in [-0.2, -0.15) is 0 Å². The Hall–Kier alpha value is -7.20. The molecular formula is C54H35NOS. The maximum absolute atomic E-state index is 6.49. The van der Waals surface area contributed by atoms with Crippen LogP contribution in [-0.4, -0.2) is 0 Å². The van der Waals surface area contributed by atoms with Gasteiger partial charge in [0.2, 0.25) is 0 Å². The minimum atomic E-state index is 0.863. The molecule has 0 N–H and O–H groups in total. The van der Waals surface area contributed by atoms with E-state index < -0.39 is 0 Å². The largest absolute Gasteiger partial charge is 0.456 e. The fraction of sp³-hybridized carbons (Fsp3) is 0. The van der Waals surface area contributed by atoms with Gasteiger partial charge in [0.25, 0.3) is 0 Å². The van der Waals surface area contributed by atoms with E-state index in [1.807, 2.05) is 23.5 Å². The minimum absolute atomic E-state index is 0.863. The Morgan fingerprint density at radius 3 is 1.79 bits per heavy atom. The number of furan rings is 1. The third kappa shape index (κ3) is 5.80. The lowest BCUT2D eigenvalue weighted by atomic mass is 9.88. The molecule has 11 rings (SSSR count). The summed E-state index contributed by atoms with van der Waals surface area (Å²) < 4.78 is 9.05. The lowest BCUT2D eigenvalue weighted by Gasteiger charge is -2.28. The average Bonchev–Trinajstić information content (AvgIpc) is 3.85. The molecule has 0 bridgehead atoms. The van der Waals surface area contributed by atoms with E-state index in [1.54, 1.807) is 0 Å². The zero-order chi connectivity index (χ0) is 37.7. The molecular weight excluding hydrogens is 711 g/mol. The summed E-state index contributed by atoms with van der Waals surface area (Å²) in [6, 6.07) is 76.5. The van der Waals surface area contributed by atoms with Gasteiger partial charge in [0.15, 0.2) is 0 Å². The van der Waals surface area contributed by atoms with Crippen molar-refractivity contribution in [2.45, 2.75) is 0 Å². The summed E-state index contributed by atoms with van der Waals surface area (Å²) in [4.78, 5) is 2.39. The highest BCUT2D eigenvalue weighted by Gasteiger charge is 2.23. The highest BCUT2D eigenvalue weighted by molar-refractivity contribution is 7.26. The molecule has 0 fully saturated rings. The first-order valence-electron chi connectivity index (χ1n) is 19.3. The fourth-order valence-electron chi connectivity index (χ4n) is 8.44. The molecule has 0 saturated heterocycles. The van der Waals surface area contributed by atoms with E-state index in [0.29, 0.717) is 0 Å². The second kappa shape index (κ2) is 13.8. The number of nitrogens with zero attached hydrogens (tertiary/aromatic N) is 1. The summed E-state index contributed by atoms with van der Waals surface area (Å²) in [6.45, 7) is 0. The normalized spacial score (nSPS) is 11.5. The minimum Gasteiger partial charge on any atom is -0.456 e. The van der Waals surface area contributed by atoms with Crippen molar-refractivity contribution in [1.29, 1.82) is 0 Å².